The van der Waals surface area contributed by atoms with Crippen molar-refractivity contribution in [2.24, 2.45) is 0 Å². The van der Waals surface area contributed by atoms with E-state index in [1.165, 1.54) is 19.1 Å². The van der Waals surface area contributed by atoms with Gasteiger partial charge in [0.05, 0.1) is 18.4 Å². The molecular weight excluding hydrogens is 294 g/mol. The first-order valence-corrected chi connectivity index (χ1v) is 7.57. The number of aliphatic hydroxyl groups excluding tert-OH is 2. The Balaban J connectivity index is 2.68. The van der Waals surface area contributed by atoms with Crippen molar-refractivity contribution in [1.29, 1.82) is 0 Å². The van der Waals surface area contributed by atoms with Crippen molar-refractivity contribution in [3.05, 3.63) is 29.6 Å². The zero-order valence-electron chi connectivity index (χ0n) is 12.0. The van der Waals surface area contributed by atoms with E-state index in [0.29, 0.717) is 5.75 Å². The van der Waals surface area contributed by atoms with Crippen molar-refractivity contribution in [2.75, 3.05) is 12.4 Å². The van der Waals surface area contributed by atoms with Crippen LogP contribution in [0.4, 0.5) is 0 Å². The Bertz CT molecular complexity index is 494. The van der Waals surface area contributed by atoms with E-state index in [-0.39, 0.29) is 29.5 Å². The fourth-order valence-corrected chi connectivity index (χ4v) is 2.26. The van der Waals surface area contributed by atoms with Crippen molar-refractivity contribution < 1.29 is 24.5 Å². The van der Waals surface area contributed by atoms with Gasteiger partial charge in [-0.2, -0.15) is 0 Å². The maximum atomic E-state index is 11.6. The molecule has 1 rings (SSSR count). The van der Waals surface area contributed by atoms with Crippen molar-refractivity contribution >= 4 is 22.8 Å². The lowest BCUT2D eigenvalue weighted by atomic mass is 10.1. The van der Waals surface area contributed by atoms with Gasteiger partial charge < -0.3 is 14.9 Å². The average molecular weight is 313 g/mol. The average Bonchev–Trinajstić information content (AvgIpc) is 2.46. The highest BCUT2D eigenvalue weighted by Gasteiger charge is 2.21. The molecule has 2 N–H and O–H groups in total. The van der Waals surface area contributed by atoms with Crippen molar-refractivity contribution in [1.82, 2.24) is 4.98 Å². The minimum absolute atomic E-state index is 0.0425. The number of aliphatic hydroxyl groups is 2. The number of aromatic nitrogens is 1. The first kappa shape index (κ1) is 17.6. The predicted octanol–water partition coefficient (Wildman–Crippen LogP) is 1.32. The van der Waals surface area contributed by atoms with Crippen LogP contribution < -0.4 is 0 Å². The highest BCUT2D eigenvalue weighted by atomic mass is 32.2. The van der Waals surface area contributed by atoms with E-state index >= 15 is 0 Å². The summed E-state index contributed by atoms with van der Waals surface area (Å²) in [6, 6.07) is 4.57. The summed E-state index contributed by atoms with van der Waals surface area (Å²) in [5, 5.41) is 19.9. The van der Waals surface area contributed by atoms with E-state index in [4.69, 9.17) is 4.74 Å². The molecule has 0 aliphatic carbocycles. The van der Waals surface area contributed by atoms with E-state index in [0.717, 1.165) is 11.8 Å². The molecule has 0 saturated heterocycles. The van der Waals surface area contributed by atoms with Crippen LogP contribution in [0, 0.1) is 0 Å². The molecule has 0 bridgehead atoms. The lowest BCUT2D eigenvalue weighted by molar-refractivity contribution is -0.109. The van der Waals surface area contributed by atoms with Gasteiger partial charge in [0.2, 0.25) is 0 Å². The molecule has 0 aliphatic rings. The van der Waals surface area contributed by atoms with Gasteiger partial charge in [-0.05, 0) is 25.5 Å². The predicted molar refractivity (Wildman–Crippen MR) is 78.9 cm³/mol. The number of hydrogen-bond acceptors (Lipinski definition) is 7. The molecule has 116 valence electrons. The lowest BCUT2D eigenvalue weighted by Crippen LogP contribution is -2.21. The van der Waals surface area contributed by atoms with Crippen molar-refractivity contribution in [3.63, 3.8) is 0 Å². The normalized spacial score (nSPS) is 13.5. The summed E-state index contributed by atoms with van der Waals surface area (Å²) in [5.41, 5.74) is 0.277. The molecule has 6 nitrogen and oxygen atoms in total. The summed E-state index contributed by atoms with van der Waals surface area (Å²) in [7, 11) is 0. The summed E-state index contributed by atoms with van der Waals surface area (Å²) < 4.78 is 4.83. The Hall–Kier alpha value is -1.44. The molecule has 1 aromatic heterocycles. The summed E-state index contributed by atoms with van der Waals surface area (Å²) in [6.45, 7) is 3.36. The van der Waals surface area contributed by atoms with Crippen LogP contribution in [0.5, 0.6) is 0 Å². The molecule has 0 aliphatic heterocycles. The number of thioether (sulfide) groups is 1. The minimum atomic E-state index is -1.22. The second-order valence-corrected chi connectivity index (χ2v) is 5.58. The van der Waals surface area contributed by atoms with Crippen molar-refractivity contribution in [3.8, 4) is 0 Å². The molecule has 0 saturated carbocycles. The van der Waals surface area contributed by atoms with Crippen LogP contribution in [0.2, 0.25) is 0 Å². The van der Waals surface area contributed by atoms with Gasteiger partial charge in [0.1, 0.15) is 11.8 Å². The summed E-state index contributed by atoms with van der Waals surface area (Å²) >= 11 is 1.08. The Morgan fingerprint density at radius 2 is 2.10 bits per heavy atom. The van der Waals surface area contributed by atoms with Gasteiger partial charge in [-0.25, -0.2) is 9.78 Å². The zero-order chi connectivity index (χ0) is 15.8. The van der Waals surface area contributed by atoms with E-state index in [2.05, 4.69) is 4.98 Å². The number of ether oxygens (including phenoxy) is 1. The van der Waals surface area contributed by atoms with Gasteiger partial charge in [0.25, 0.3) is 0 Å². The molecule has 0 amide bonds. The van der Waals surface area contributed by atoms with Crippen LogP contribution in [-0.2, 0) is 9.53 Å². The fourth-order valence-electron chi connectivity index (χ4n) is 1.61. The summed E-state index contributed by atoms with van der Waals surface area (Å²) in [5.74, 6) is -0.168. The van der Waals surface area contributed by atoms with Crippen LogP contribution in [0.25, 0.3) is 0 Å². The van der Waals surface area contributed by atoms with Gasteiger partial charge in [0, 0.05) is 12.7 Å². The molecule has 21 heavy (non-hydrogen) atoms. The maximum absolute atomic E-state index is 11.6. The number of rotatable bonds is 7. The van der Waals surface area contributed by atoms with Gasteiger partial charge in [-0.15, -0.1) is 0 Å². The molecule has 2 atom stereocenters. The van der Waals surface area contributed by atoms with Crippen molar-refractivity contribution in [2.45, 2.75) is 32.5 Å². The number of esters is 1. The van der Waals surface area contributed by atoms with Crippen LogP contribution in [0.3, 0.4) is 0 Å². The highest BCUT2D eigenvalue weighted by molar-refractivity contribution is 8.13. The van der Waals surface area contributed by atoms with Gasteiger partial charge >= 0.3 is 5.97 Å². The number of nitrogens with zero attached hydrogens (tertiary/aromatic N) is 1. The molecule has 1 aromatic rings. The van der Waals surface area contributed by atoms with Crippen LogP contribution in [0.15, 0.2) is 18.2 Å². The molecule has 0 fully saturated rings. The first-order valence-electron chi connectivity index (χ1n) is 6.59. The Morgan fingerprint density at radius 1 is 1.38 bits per heavy atom. The monoisotopic (exact) mass is 313 g/mol. The SMILES string of the molecule is CCOC(=O)c1cccc(C(O)C(O)CCSC(C)=O)n1. The first-order chi connectivity index (χ1) is 9.95. The van der Waals surface area contributed by atoms with Gasteiger partial charge in [-0.3, -0.25) is 4.79 Å². The van der Waals surface area contributed by atoms with E-state index in [1.54, 1.807) is 13.0 Å². The smallest absolute Gasteiger partial charge is 0.356 e. The Kier molecular flexibility index (Phi) is 7.35. The molecule has 0 aromatic carbocycles. The van der Waals surface area contributed by atoms with Gasteiger partial charge in [-0.1, -0.05) is 17.8 Å². The van der Waals surface area contributed by atoms with Crippen LogP contribution in [0.1, 0.15) is 42.6 Å². The fraction of sp³-hybridized carbons (Fsp3) is 0.500. The zero-order valence-corrected chi connectivity index (χ0v) is 12.8. The Labute approximate surface area is 127 Å². The Morgan fingerprint density at radius 3 is 2.71 bits per heavy atom. The quantitative estimate of drug-likeness (QED) is 0.733. The topological polar surface area (TPSA) is 96.7 Å². The molecular formula is C14H19NO5S. The molecule has 7 heteroatoms. The second kappa shape index (κ2) is 8.76. The number of carbonyl (C=O) groups excluding carboxylic acids is 2. The van der Waals surface area contributed by atoms with E-state index < -0.39 is 18.2 Å². The summed E-state index contributed by atoms with van der Waals surface area (Å²) in [6.07, 6.45) is -2.02. The minimum Gasteiger partial charge on any atom is -0.461 e. The summed E-state index contributed by atoms with van der Waals surface area (Å²) in [4.78, 5) is 26.4. The third-order valence-corrected chi connectivity index (χ3v) is 3.49. The van der Waals surface area contributed by atoms with E-state index in [9.17, 15) is 19.8 Å². The van der Waals surface area contributed by atoms with Gasteiger partial charge in [0.15, 0.2) is 5.12 Å². The standard InChI is InChI=1S/C14H19NO5S/c1-3-20-14(19)11-6-4-5-10(15-11)13(18)12(17)7-8-21-9(2)16/h4-6,12-13,17-18H,3,7-8H2,1-2H3. The second-order valence-electron chi connectivity index (χ2n) is 4.31. The third kappa shape index (κ3) is 5.82. The van der Waals surface area contributed by atoms with Crippen LogP contribution >= 0.6 is 11.8 Å². The molecule has 0 radical (unpaired) electrons. The van der Waals surface area contributed by atoms with E-state index in [1.807, 2.05) is 0 Å². The van der Waals surface area contributed by atoms with Crippen LogP contribution in [-0.4, -0.2) is 44.7 Å². The third-order valence-electron chi connectivity index (χ3n) is 2.64. The number of carbonyl (C=O) groups is 2. The maximum Gasteiger partial charge on any atom is 0.356 e. The number of hydrogen-bond donors (Lipinski definition) is 2. The lowest BCUT2D eigenvalue weighted by Gasteiger charge is -2.17. The highest BCUT2D eigenvalue weighted by Crippen LogP contribution is 2.19. The molecule has 1 heterocycles. The molecule has 2 unspecified atom stereocenters. The largest absolute Gasteiger partial charge is 0.461 e. The molecule has 0 spiro atoms. The number of pyridine rings is 1.